The van der Waals surface area contributed by atoms with Crippen LogP contribution >= 0.6 is 11.6 Å². The second-order valence-electron chi connectivity index (χ2n) is 4.81. The van der Waals surface area contributed by atoms with E-state index < -0.39 is 0 Å². The van der Waals surface area contributed by atoms with E-state index in [9.17, 15) is 0 Å². The third kappa shape index (κ3) is 2.65. The topological polar surface area (TPSA) is 21.3 Å². The fourth-order valence-electron chi connectivity index (χ4n) is 2.56. The highest BCUT2D eigenvalue weighted by Crippen LogP contribution is 2.42. The van der Waals surface area contributed by atoms with Crippen LogP contribution in [0.25, 0.3) is 0 Å². The average Bonchev–Trinajstić information content (AvgIpc) is 2.30. The molecule has 3 heteroatoms. The Labute approximate surface area is 108 Å². The van der Waals surface area contributed by atoms with Crippen molar-refractivity contribution in [2.45, 2.75) is 37.3 Å². The Morgan fingerprint density at radius 3 is 2.59 bits per heavy atom. The van der Waals surface area contributed by atoms with Crippen molar-refractivity contribution in [3.63, 3.8) is 0 Å². The number of benzene rings is 1. The maximum atomic E-state index is 6.25. The van der Waals surface area contributed by atoms with Gasteiger partial charge in [0.1, 0.15) is 0 Å². The molecule has 1 fully saturated rings. The molecule has 0 radical (unpaired) electrons. The Morgan fingerprint density at radius 1 is 1.41 bits per heavy atom. The van der Waals surface area contributed by atoms with E-state index in [1.165, 1.54) is 12.0 Å². The Morgan fingerprint density at radius 2 is 2.12 bits per heavy atom. The van der Waals surface area contributed by atoms with E-state index in [-0.39, 0.29) is 11.6 Å². The van der Waals surface area contributed by atoms with Crippen LogP contribution in [0.4, 0.5) is 0 Å². The molecule has 17 heavy (non-hydrogen) atoms. The largest absolute Gasteiger partial charge is 0.378 e. The molecule has 0 heterocycles. The van der Waals surface area contributed by atoms with Crippen molar-refractivity contribution in [2.75, 3.05) is 14.2 Å². The van der Waals surface area contributed by atoms with Crippen LogP contribution < -0.4 is 5.32 Å². The van der Waals surface area contributed by atoms with Gasteiger partial charge in [-0.15, -0.1) is 0 Å². The molecule has 1 atom stereocenters. The van der Waals surface area contributed by atoms with Crippen molar-refractivity contribution < 1.29 is 4.74 Å². The lowest BCUT2D eigenvalue weighted by molar-refractivity contribution is -0.0834. The first-order valence-corrected chi connectivity index (χ1v) is 6.55. The van der Waals surface area contributed by atoms with Gasteiger partial charge in [-0.1, -0.05) is 29.8 Å². The summed E-state index contributed by atoms with van der Waals surface area (Å²) in [6.45, 7) is 0. The highest BCUT2D eigenvalue weighted by Gasteiger charge is 2.39. The zero-order valence-electron chi connectivity index (χ0n) is 10.5. The molecule has 2 nitrogen and oxygen atoms in total. The molecule has 0 amide bonds. The molecule has 0 spiro atoms. The summed E-state index contributed by atoms with van der Waals surface area (Å²) in [5.41, 5.74) is 1.23. The van der Waals surface area contributed by atoms with E-state index in [0.717, 1.165) is 24.3 Å². The van der Waals surface area contributed by atoms with Crippen LogP contribution in [0.5, 0.6) is 0 Å². The first kappa shape index (κ1) is 12.9. The fourth-order valence-corrected chi connectivity index (χ4v) is 2.83. The predicted octanol–water partition coefficient (Wildman–Crippen LogP) is 3.56. The summed E-state index contributed by atoms with van der Waals surface area (Å²) in [5.74, 6) is 0. The molecule has 0 aliphatic heterocycles. The number of methoxy groups -OCH3 is 1. The van der Waals surface area contributed by atoms with E-state index in [1.54, 1.807) is 0 Å². The Hall–Kier alpha value is -0.570. The Balaban J connectivity index is 2.14. The standard InChI is InChI=1S/C14H20ClNO/c1-16-13(10-14(17-2)8-5-9-14)11-6-3-4-7-12(11)15/h3-4,6-7,13,16H,5,8-10H2,1-2H3. The first-order chi connectivity index (χ1) is 8.21. The third-order valence-electron chi connectivity index (χ3n) is 3.90. The molecule has 1 aromatic carbocycles. The average molecular weight is 254 g/mol. The quantitative estimate of drug-likeness (QED) is 0.866. The van der Waals surface area contributed by atoms with Gasteiger partial charge in [-0.05, 0) is 44.4 Å². The number of nitrogens with one attached hydrogen (secondary N) is 1. The number of hydrogen-bond acceptors (Lipinski definition) is 2. The Bertz CT molecular complexity index is 371. The summed E-state index contributed by atoms with van der Waals surface area (Å²) in [5, 5.41) is 4.18. The first-order valence-electron chi connectivity index (χ1n) is 6.17. The van der Waals surface area contributed by atoms with Crippen LogP contribution in [0.2, 0.25) is 5.02 Å². The van der Waals surface area contributed by atoms with Crippen LogP contribution in [0.15, 0.2) is 24.3 Å². The van der Waals surface area contributed by atoms with Crippen LogP contribution in [-0.2, 0) is 4.74 Å². The van der Waals surface area contributed by atoms with Gasteiger partial charge in [0.2, 0.25) is 0 Å². The van der Waals surface area contributed by atoms with Gasteiger partial charge in [-0.3, -0.25) is 0 Å². The maximum Gasteiger partial charge on any atom is 0.0697 e. The summed E-state index contributed by atoms with van der Waals surface area (Å²) < 4.78 is 5.68. The lowest BCUT2D eigenvalue weighted by atomic mass is 9.74. The monoisotopic (exact) mass is 253 g/mol. The predicted molar refractivity (Wildman–Crippen MR) is 71.5 cm³/mol. The van der Waals surface area contributed by atoms with Crippen molar-refractivity contribution in [3.8, 4) is 0 Å². The lowest BCUT2D eigenvalue weighted by Gasteiger charge is -2.43. The Kier molecular flexibility index (Phi) is 4.08. The van der Waals surface area contributed by atoms with Crippen LogP contribution in [-0.4, -0.2) is 19.8 Å². The minimum Gasteiger partial charge on any atom is -0.378 e. The van der Waals surface area contributed by atoms with Crippen molar-refractivity contribution in [2.24, 2.45) is 0 Å². The zero-order chi connectivity index (χ0) is 12.3. The minimum absolute atomic E-state index is 0.0623. The minimum atomic E-state index is 0.0623. The van der Waals surface area contributed by atoms with Gasteiger partial charge in [0.05, 0.1) is 5.60 Å². The molecule has 0 bridgehead atoms. The van der Waals surface area contributed by atoms with Gasteiger partial charge in [0, 0.05) is 18.2 Å². The van der Waals surface area contributed by atoms with Gasteiger partial charge < -0.3 is 10.1 Å². The molecule has 1 N–H and O–H groups in total. The number of halogens is 1. The normalized spacial score (nSPS) is 19.7. The van der Waals surface area contributed by atoms with E-state index in [0.29, 0.717) is 0 Å². The zero-order valence-corrected chi connectivity index (χ0v) is 11.3. The summed E-state index contributed by atoms with van der Waals surface area (Å²) >= 11 is 6.25. The molecular weight excluding hydrogens is 234 g/mol. The molecule has 1 aliphatic carbocycles. The van der Waals surface area contributed by atoms with E-state index in [1.807, 2.05) is 32.4 Å². The van der Waals surface area contributed by atoms with Crippen molar-refractivity contribution in [1.29, 1.82) is 0 Å². The fraction of sp³-hybridized carbons (Fsp3) is 0.571. The van der Waals surface area contributed by atoms with Crippen molar-refractivity contribution in [1.82, 2.24) is 5.32 Å². The van der Waals surface area contributed by atoms with Gasteiger partial charge in [-0.25, -0.2) is 0 Å². The van der Waals surface area contributed by atoms with Crippen LogP contribution in [0.1, 0.15) is 37.3 Å². The smallest absolute Gasteiger partial charge is 0.0697 e. The highest BCUT2D eigenvalue weighted by atomic mass is 35.5. The second kappa shape index (κ2) is 5.38. The van der Waals surface area contributed by atoms with E-state index in [4.69, 9.17) is 16.3 Å². The molecule has 94 valence electrons. The van der Waals surface area contributed by atoms with Gasteiger partial charge in [0.15, 0.2) is 0 Å². The second-order valence-corrected chi connectivity index (χ2v) is 5.21. The van der Waals surface area contributed by atoms with Gasteiger partial charge in [-0.2, -0.15) is 0 Å². The molecule has 0 aromatic heterocycles. The highest BCUT2D eigenvalue weighted by molar-refractivity contribution is 6.31. The molecule has 1 saturated carbocycles. The molecule has 2 rings (SSSR count). The molecule has 0 saturated heterocycles. The van der Waals surface area contributed by atoms with Gasteiger partial charge in [0.25, 0.3) is 0 Å². The number of ether oxygens (including phenoxy) is 1. The summed E-state index contributed by atoms with van der Waals surface area (Å²) in [7, 11) is 3.80. The summed E-state index contributed by atoms with van der Waals surface area (Å²) in [6, 6.07) is 8.30. The van der Waals surface area contributed by atoms with E-state index in [2.05, 4.69) is 11.4 Å². The molecule has 1 unspecified atom stereocenters. The van der Waals surface area contributed by atoms with Crippen LogP contribution in [0.3, 0.4) is 0 Å². The SMILES string of the molecule is CNC(CC1(OC)CCC1)c1ccccc1Cl. The number of rotatable bonds is 5. The third-order valence-corrected chi connectivity index (χ3v) is 4.25. The van der Waals surface area contributed by atoms with E-state index >= 15 is 0 Å². The van der Waals surface area contributed by atoms with Crippen molar-refractivity contribution >= 4 is 11.6 Å². The maximum absolute atomic E-state index is 6.25. The number of hydrogen-bond donors (Lipinski definition) is 1. The lowest BCUT2D eigenvalue weighted by Crippen LogP contribution is -2.42. The van der Waals surface area contributed by atoms with Crippen molar-refractivity contribution in [3.05, 3.63) is 34.9 Å². The summed E-state index contributed by atoms with van der Waals surface area (Å²) in [6.07, 6.45) is 4.58. The molecular formula is C14H20ClNO. The van der Waals surface area contributed by atoms with Crippen LogP contribution in [0, 0.1) is 0 Å². The molecule has 1 aromatic rings. The molecule has 1 aliphatic rings. The van der Waals surface area contributed by atoms with Gasteiger partial charge >= 0.3 is 0 Å². The summed E-state index contributed by atoms with van der Waals surface area (Å²) in [4.78, 5) is 0.